The molecule has 0 aromatic carbocycles. The van der Waals surface area contributed by atoms with Crippen molar-refractivity contribution in [1.29, 1.82) is 0 Å². The number of piperazine rings is 1. The molecule has 3 aromatic rings. The van der Waals surface area contributed by atoms with Gasteiger partial charge in [0.2, 0.25) is 0 Å². The van der Waals surface area contributed by atoms with E-state index in [4.69, 9.17) is 4.74 Å². The molecule has 4 rings (SSSR count). The maximum Gasteiger partial charge on any atom is 0.260 e. The number of carbonyl (C=O) groups excluding carboxylic acids is 1. The van der Waals surface area contributed by atoms with Crippen molar-refractivity contribution in [3.05, 3.63) is 41.7 Å². The Balaban J connectivity index is 1.53. The van der Waals surface area contributed by atoms with Crippen LogP contribution in [0.3, 0.4) is 0 Å². The van der Waals surface area contributed by atoms with Gasteiger partial charge in [-0.25, -0.2) is 4.52 Å². The second kappa shape index (κ2) is 7.91. The molecule has 0 radical (unpaired) electrons. The van der Waals surface area contributed by atoms with E-state index < -0.39 is 0 Å². The zero-order valence-electron chi connectivity index (χ0n) is 17.8. The number of rotatable bonds is 5. The molecule has 0 saturated carbocycles. The number of aromatic nitrogens is 4. The van der Waals surface area contributed by atoms with Crippen molar-refractivity contribution in [3.8, 4) is 5.75 Å². The Morgan fingerprint density at radius 2 is 2.13 bits per heavy atom. The number of hydrogen-bond acceptors (Lipinski definition) is 7. The van der Waals surface area contributed by atoms with Gasteiger partial charge in [0.25, 0.3) is 5.91 Å². The van der Waals surface area contributed by atoms with Gasteiger partial charge >= 0.3 is 0 Å². The molecular weight excluding hydrogens is 382 g/mol. The second-order valence-corrected chi connectivity index (χ2v) is 8.10. The number of aryl methyl sites for hydroxylation is 1. The van der Waals surface area contributed by atoms with Crippen molar-refractivity contribution < 1.29 is 9.53 Å². The summed E-state index contributed by atoms with van der Waals surface area (Å²) in [6.07, 6.45) is 1.72. The maximum absolute atomic E-state index is 12.9. The van der Waals surface area contributed by atoms with Gasteiger partial charge in [0.15, 0.2) is 11.6 Å². The van der Waals surface area contributed by atoms with Crippen molar-refractivity contribution in [2.45, 2.75) is 33.2 Å². The van der Waals surface area contributed by atoms with E-state index in [9.17, 15) is 4.79 Å². The van der Waals surface area contributed by atoms with Crippen molar-refractivity contribution in [2.75, 3.05) is 36.5 Å². The van der Waals surface area contributed by atoms with Crippen molar-refractivity contribution in [3.63, 3.8) is 0 Å². The standard InChI is InChI=1S/C21H27N7O2/c1-5-30-17-12-28-15(10-14(2)26-28)11-16(17)20(29)23-18-6-7-19(25-24-18)27-9-8-22-21(3,4)13-27/h6-7,10-12,22H,5,8-9,13H2,1-4H3,(H,23,24,29). The second-order valence-electron chi connectivity index (χ2n) is 8.10. The van der Waals surface area contributed by atoms with E-state index in [1.54, 1.807) is 22.8 Å². The lowest BCUT2D eigenvalue weighted by atomic mass is 10.0. The van der Waals surface area contributed by atoms with Gasteiger partial charge in [-0.15, -0.1) is 10.2 Å². The highest BCUT2D eigenvalue weighted by molar-refractivity contribution is 6.06. The SMILES string of the molecule is CCOc1cn2nc(C)cc2cc1C(=O)Nc1ccc(N2CCNC(C)(C)C2)nn1. The molecule has 1 saturated heterocycles. The summed E-state index contributed by atoms with van der Waals surface area (Å²) in [7, 11) is 0. The molecule has 0 atom stereocenters. The first kappa shape index (κ1) is 20.1. The highest BCUT2D eigenvalue weighted by Crippen LogP contribution is 2.23. The van der Waals surface area contributed by atoms with Gasteiger partial charge in [0.1, 0.15) is 5.75 Å². The minimum absolute atomic E-state index is 0.0210. The van der Waals surface area contributed by atoms with Gasteiger partial charge in [-0.05, 0) is 52.0 Å². The maximum atomic E-state index is 12.9. The molecule has 0 unspecified atom stereocenters. The number of hydrogen-bond donors (Lipinski definition) is 2. The van der Waals surface area contributed by atoms with Gasteiger partial charge < -0.3 is 20.3 Å². The van der Waals surface area contributed by atoms with Crippen LogP contribution in [0.25, 0.3) is 5.52 Å². The molecule has 158 valence electrons. The van der Waals surface area contributed by atoms with Crippen LogP contribution in [0.15, 0.2) is 30.5 Å². The van der Waals surface area contributed by atoms with Gasteiger partial charge in [0.05, 0.1) is 29.6 Å². The fourth-order valence-electron chi connectivity index (χ4n) is 3.68. The monoisotopic (exact) mass is 409 g/mol. The Bertz CT molecular complexity index is 1060. The zero-order valence-corrected chi connectivity index (χ0v) is 17.8. The minimum Gasteiger partial charge on any atom is -0.491 e. The van der Waals surface area contributed by atoms with Crippen LogP contribution >= 0.6 is 0 Å². The molecule has 30 heavy (non-hydrogen) atoms. The highest BCUT2D eigenvalue weighted by atomic mass is 16.5. The number of amides is 1. The van der Waals surface area contributed by atoms with Gasteiger partial charge in [-0.2, -0.15) is 5.10 Å². The molecule has 4 heterocycles. The highest BCUT2D eigenvalue weighted by Gasteiger charge is 2.26. The first-order valence-corrected chi connectivity index (χ1v) is 10.1. The Morgan fingerprint density at radius 3 is 2.83 bits per heavy atom. The smallest absolute Gasteiger partial charge is 0.260 e. The van der Waals surface area contributed by atoms with E-state index in [-0.39, 0.29) is 11.4 Å². The van der Waals surface area contributed by atoms with Crippen molar-refractivity contribution in [2.24, 2.45) is 0 Å². The molecule has 2 N–H and O–H groups in total. The first-order chi connectivity index (χ1) is 14.3. The molecule has 0 spiro atoms. The Morgan fingerprint density at radius 1 is 1.30 bits per heavy atom. The summed E-state index contributed by atoms with van der Waals surface area (Å²) in [6, 6.07) is 7.34. The molecule has 1 aliphatic heterocycles. The Labute approximate surface area is 175 Å². The average molecular weight is 409 g/mol. The summed E-state index contributed by atoms with van der Waals surface area (Å²) in [6.45, 7) is 11.2. The summed E-state index contributed by atoms with van der Waals surface area (Å²) < 4.78 is 7.37. The predicted octanol–water partition coefficient (Wildman–Crippen LogP) is 2.27. The van der Waals surface area contributed by atoms with Crippen molar-refractivity contribution in [1.82, 2.24) is 25.1 Å². The summed E-state index contributed by atoms with van der Waals surface area (Å²) in [5, 5.41) is 19.2. The van der Waals surface area contributed by atoms with E-state index in [1.807, 2.05) is 26.0 Å². The molecule has 1 amide bonds. The lowest BCUT2D eigenvalue weighted by Gasteiger charge is -2.39. The molecule has 9 heteroatoms. The number of nitrogens with zero attached hydrogens (tertiary/aromatic N) is 5. The molecule has 1 fully saturated rings. The minimum atomic E-state index is -0.301. The fraction of sp³-hybridized carbons (Fsp3) is 0.429. The Hall–Kier alpha value is -3.20. The van der Waals surface area contributed by atoms with E-state index in [2.05, 4.69) is 44.7 Å². The predicted molar refractivity (Wildman–Crippen MR) is 115 cm³/mol. The van der Waals surface area contributed by atoms with Crippen LogP contribution in [0.4, 0.5) is 11.6 Å². The summed E-state index contributed by atoms with van der Waals surface area (Å²) in [5.41, 5.74) is 2.14. The largest absolute Gasteiger partial charge is 0.491 e. The average Bonchev–Trinajstić information content (AvgIpc) is 3.06. The van der Waals surface area contributed by atoms with Gasteiger partial charge in [0, 0.05) is 25.2 Å². The van der Waals surface area contributed by atoms with Crippen LogP contribution in [0, 0.1) is 6.92 Å². The molecule has 0 aliphatic carbocycles. The lowest BCUT2D eigenvalue weighted by Crippen LogP contribution is -2.57. The zero-order chi connectivity index (χ0) is 21.3. The first-order valence-electron chi connectivity index (χ1n) is 10.1. The number of nitrogens with one attached hydrogen (secondary N) is 2. The van der Waals surface area contributed by atoms with E-state index in [0.29, 0.717) is 23.7 Å². The number of ether oxygens (including phenoxy) is 1. The molecule has 3 aromatic heterocycles. The summed E-state index contributed by atoms with van der Waals surface area (Å²) in [4.78, 5) is 15.1. The van der Waals surface area contributed by atoms with E-state index in [1.165, 1.54) is 0 Å². The number of pyridine rings is 1. The summed E-state index contributed by atoms with van der Waals surface area (Å²) >= 11 is 0. The van der Waals surface area contributed by atoms with Crippen LogP contribution in [0.5, 0.6) is 5.75 Å². The molecular formula is C21H27N7O2. The van der Waals surface area contributed by atoms with Crippen LogP contribution in [-0.4, -0.2) is 57.5 Å². The van der Waals surface area contributed by atoms with E-state index in [0.717, 1.165) is 36.7 Å². The number of fused-ring (bicyclic) bond motifs is 1. The van der Waals surface area contributed by atoms with Crippen LogP contribution in [0.2, 0.25) is 0 Å². The van der Waals surface area contributed by atoms with E-state index >= 15 is 0 Å². The number of anilines is 2. The quantitative estimate of drug-likeness (QED) is 0.667. The third kappa shape index (κ3) is 4.20. The normalized spacial score (nSPS) is 15.9. The Kier molecular flexibility index (Phi) is 5.29. The number of carbonyl (C=O) groups is 1. The summed E-state index contributed by atoms with van der Waals surface area (Å²) in [5.74, 6) is 1.36. The van der Waals surface area contributed by atoms with Crippen LogP contribution < -0.4 is 20.3 Å². The van der Waals surface area contributed by atoms with Crippen molar-refractivity contribution >= 4 is 23.1 Å². The molecule has 0 bridgehead atoms. The van der Waals surface area contributed by atoms with Crippen LogP contribution in [-0.2, 0) is 0 Å². The third-order valence-electron chi connectivity index (χ3n) is 5.02. The third-order valence-corrected chi connectivity index (χ3v) is 5.02. The topological polar surface area (TPSA) is 96.7 Å². The van der Waals surface area contributed by atoms with Gasteiger partial charge in [-0.1, -0.05) is 0 Å². The lowest BCUT2D eigenvalue weighted by molar-refractivity contribution is 0.102. The molecule has 1 aliphatic rings. The van der Waals surface area contributed by atoms with Gasteiger partial charge in [-0.3, -0.25) is 4.79 Å². The fourth-order valence-corrected chi connectivity index (χ4v) is 3.68. The molecule has 9 nitrogen and oxygen atoms in total. The van der Waals surface area contributed by atoms with Crippen LogP contribution in [0.1, 0.15) is 36.8 Å².